The molecule has 6 heteroatoms. The fourth-order valence-electron chi connectivity index (χ4n) is 2.71. The molecule has 3 rings (SSSR count). The van der Waals surface area contributed by atoms with Gasteiger partial charge in [-0.25, -0.2) is 9.78 Å². The van der Waals surface area contributed by atoms with Crippen LogP contribution in [0.5, 0.6) is 0 Å². The van der Waals surface area contributed by atoms with Crippen molar-refractivity contribution < 1.29 is 14.3 Å². The summed E-state index contributed by atoms with van der Waals surface area (Å²) in [6.07, 6.45) is 3.38. The molecular formula is C16H17N3O3. The first-order chi connectivity index (χ1) is 10.7. The minimum Gasteiger partial charge on any atom is -0.464 e. The summed E-state index contributed by atoms with van der Waals surface area (Å²) in [5.41, 5.74) is 2.50. The first-order valence-corrected chi connectivity index (χ1v) is 7.23. The number of rotatable bonds is 3. The van der Waals surface area contributed by atoms with Crippen LogP contribution < -0.4 is 0 Å². The number of amides is 1. The molecule has 1 atom stereocenters. The highest BCUT2D eigenvalue weighted by Crippen LogP contribution is 2.25. The Bertz CT molecular complexity index is 682. The number of aromatic amines is 1. The van der Waals surface area contributed by atoms with Crippen LogP contribution in [0.15, 0.2) is 36.8 Å². The molecular weight excluding hydrogens is 282 g/mol. The molecule has 0 radical (unpaired) electrons. The molecule has 0 saturated heterocycles. The van der Waals surface area contributed by atoms with Gasteiger partial charge in [-0.05, 0) is 18.1 Å². The van der Waals surface area contributed by atoms with Crippen molar-refractivity contribution in [2.45, 2.75) is 25.9 Å². The molecule has 1 N–H and O–H groups in total. The van der Waals surface area contributed by atoms with Gasteiger partial charge in [0.2, 0.25) is 0 Å². The maximum Gasteiger partial charge on any atom is 0.329 e. The molecule has 1 aliphatic rings. The predicted octanol–water partition coefficient (Wildman–Crippen LogP) is 1.54. The zero-order valence-corrected chi connectivity index (χ0v) is 12.3. The van der Waals surface area contributed by atoms with Crippen molar-refractivity contribution in [1.82, 2.24) is 14.9 Å². The zero-order valence-electron chi connectivity index (χ0n) is 12.3. The Labute approximate surface area is 128 Å². The number of ether oxygens (including phenoxy) is 1. The number of hydrogen-bond donors (Lipinski definition) is 1. The summed E-state index contributed by atoms with van der Waals surface area (Å²) in [7, 11) is 0. The van der Waals surface area contributed by atoms with Crippen LogP contribution in [0.25, 0.3) is 0 Å². The molecule has 22 heavy (non-hydrogen) atoms. The number of benzene rings is 1. The summed E-state index contributed by atoms with van der Waals surface area (Å²) in [4.78, 5) is 33.1. The molecule has 0 spiro atoms. The highest BCUT2D eigenvalue weighted by atomic mass is 16.5. The summed E-state index contributed by atoms with van der Waals surface area (Å²) in [5.74, 6) is -0.616. The first-order valence-electron chi connectivity index (χ1n) is 7.23. The number of carbonyl (C=O) groups is 2. The number of H-pyrrole nitrogens is 1. The van der Waals surface area contributed by atoms with Gasteiger partial charge in [-0.1, -0.05) is 24.3 Å². The second kappa shape index (κ2) is 6.01. The normalized spacial score (nSPS) is 17.0. The van der Waals surface area contributed by atoms with Gasteiger partial charge in [-0.2, -0.15) is 0 Å². The van der Waals surface area contributed by atoms with E-state index in [1.54, 1.807) is 11.8 Å². The summed E-state index contributed by atoms with van der Waals surface area (Å²) in [6, 6.07) is 7.23. The van der Waals surface area contributed by atoms with Gasteiger partial charge in [0, 0.05) is 13.0 Å². The number of fused-ring (bicyclic) bond motifs is 1. The lowest BCUT2D eigenvalue weighted by molar-refractivity contribution is -0.149. The summed E-state index contributed by atoms with van der Waals surface area (Å²) < 4.78 is 5.14. The number of hydrogen-bond acceptors (Lipinski definition) is 4. The lowest BCUT2D eigenvalue weighted by Gasteiger charge is -2.35. The molecule has 1 amide bonds. The van der Waals surface area contributed by atoms with Gasteiger partial charge < -0.3 is 14.6 Å². The summed E-state index contributed by atoms with van der Waals surface area (Å²) in [5, 5.41) is 0. The zero-order chi connectivity index (χ0) is 15.5. The molecule has 1 aromatic heterocycles. The smallest absolute Gasteiger partial charge is 0.329 e. The van der Waals surface area contributed by atoms with Crippen molar-refractivity contribution >= 4 is 11.9 Å². The van der Waals surface area contributed by atoms with Crippen molar-refractivity contribution in [3.8, 4) is 0 Å². The van der Waals surface area contributed by atoms with E-state index < -0.39 is 6.04 Å². The fourth-order valence-corrected chi connectivity index (χ4v) is 2.71. The van der Waals surface area contributed by atoms with E-state index in [0.717, 1.165) is 11.1 Å². The Hall–Kier alpha value is -2.63. The predicted molar refractivity (Wildman–Crippen MR) is 79.0 cm³/mol. The number of aromatic nitrogens is 2. The Morgan fingerprint density at radius 1 is 1.36 bits per heavy atom. The summed E-state index contributed by atoms with van der Waals surface area (Å²) in [6.45, 7) is 2.44. The average Bonchev–Trinajstić information content (AvgIpc) is 3.07. The van der Waals surface area contributed by atoms with Gasteiger partial charge in [0.25, 0.3) is 5.91 Å². The van der Waals surface area contributed by atoms with Crippen LogP contribution in [0.2, 0.25) is 0 Å². The number of carbonyl (C=O) groups excluding carboxylic acids is 2. The van der Waals surface area contributed by atoms with Gasteiger partial charge in [0.05, 0.1) is 19.1 Å². The quantitative estimate of drug-likeness (QED) is 0.872. The Morgan fingerprint density at radius 3 is 2.82 bits per heavy atom. The third-order valence-corrected chi connectivity index (χ3v) is 3.80. The minimum absolute atomic E-state index is 0.245. The largest absolute Gasteiger partial charge is 0.464 e. The molecule has 0 fully saturated rings. The van der Waals surface area contributed by atoms with Crippen LogP contribution in [-0.2, 0) is 22.5 Å². The average molecular weight is 299 g/mol. The molecule has 0 aliphatic carbocycles. The minimum atomic E-state index is -0.606. The van der Waals surface area contributed by atoms with Crippen molar-refractivity contribution in [2.24, 2.45) is 0 Å². The maximum atomic E-state index is 12.6. The van der Waals surface area contributed by atoms with E-state index in [9.17, 15) is 9.59 Å². The van der Waals surface area contributed by atoms with Crippen LogP contribution in [0, 0.1) is 0 Å². The van der Waals surface area contributed by atoms with Crippen LogP contribution in [0.3, 0.4) is 0 Å². The van der Waals surface area contributed by atoms with Gasteiger partial charge in [0.1, 0.15) is 11.7 Å². The monoisotopic (exact) mass is 299 g/mol. The Morgan fingerprint density at radius 2 is 2.14 bits per heavy atom. The second-order valence-corrected chi connectivity index (χ2v) is 5.14. The molecule has 6 nitrogen and oxygen atoms in total. The molecule has 1 aliphatic heterocycles. The van der Waals surface area contributed by atoms with E-state index in [0.29, 0.717) is 25.3 Å². The number of esters is 1. The first kappa shape index (κ1) is 14.3. The lowest BCUT2D eigenvalue weighted by Crippen LogP contribution is -2.49. The maximum absolute atomic E-state index is 12.6. The van der Waals surface area contributed by atoms with E-state index in [4.69, 9.17) is 4.74 Å². The van der Waals surface area contributed by atoms with Gasteiger partial charge in [-0.15, -0.1) is 0 Å². The molecule has 114 valence electrons. The van der Waals surface area contributed by atoms with Crippen molar-refractivity contribution in [2.75, 3.05) is 6.61 Å². The topological polar surface area (TPSA) is 75.3 Å². The molecule has 0 bridgehead atoms. The Kier molecular flexibility index (Phi) is 3.91. The molecule has 1 aromatic carbocycles. The number of nitrogens with one attached hydrogen (secondary N) is 1. The standard InChI is InChI=1S/C16H17N3O3/c1-2-22-16(21)14-7-11-5-3-4-6-12(11)9-19(14)15(20)13-8-17-10-18-13/h3-6,8,10,14H,2,7,9H2,1H3,(H,17,18). The van der Waals surface area contributed by atoms with Gasteiger partial charge in [-0.3, -0.25) is 4.79 Å². The van der Waals surface area contributed by atoms with E-state index in [2.05, 4.69) is 9.97 Å². The molecule has 2 heterocycles. The van der Waals surface area contributed by atoms with E-state index in [1.165, 1.54) is 12.5 Å². The number of nitrogens with zero attached hydrogens (tertiary/aromatic N) is 2. The molecule has 2 aromatic rings. The van der Waals surface area contributed by atoms with Gasteiger partial charge >= 0.3 is 5.97 Å². The number of imidazole rings is 1. The van der Waals surface area contributed by atoms with Gasteiger partial charge in [0.15, 0.2) is 0 Å². The SMILES string of the molecule is CCOC(=O)C1Cc2ccccc2CN1C(=O)c1cnc[nH]1. The third kappa shape index (κ3) is 2.59. The van der Waals surface area contributed by atoms with E-state index >= 15 is 0 Å². The van der Waals surface area contributed by atoms with Crippen LogP contribution in [0.4, 0.5) is 0 Å². The summed E-state index contributed by atoms with van der Waals surface area (Å²) >= 11 is 0. The third-order valence-electron chi connectivity index (χ3n) is 3.80. The van der Waals surface area contributed by atoms with Crippen molar-refractivity contribution in [1.29, 1.82) is 0 Å². The van der Waals surface area contributed by atoms with Crippen LogP contribution in [-0.4, -0.2) is 39.4 Å². The second-order valence-electron chi connectivity index (χ2n) is 5.14. The van der Waals surface area contributed by atoms with E-state index in [1.807, 2.05) is 24.3 Å². The highest BCUT2D eigenvalue weighted by Gasteiger charge is 2.36. The molecule has 1 unspecified atom stereocenters. The molecule has 0 saturated carbocycles. The Balaban J connectivity index is 1.94. The fraction of sp³-hybridized carbons (Fsp3) is 0.312. The highest BCUT2D eigenvalue weighted by molar-refractivity contribution is 5.95. The lowest BCUT2D eigenvalue weighted by atomic mass is 9.93. The van der Waals surface area contributed by atoms with E-state index in [-0.39, 0.29) is 11.9 Å². The van der Waals surface area contributed by atoms with Crippen molar-refractivity contribution in [3.05, 3.63) is 53.6 Å². The van der Waals surface area contributed by atoms with Crippen molar-refractivity contribution in [3.63, 3.8) is 0 Å². The van der Waals surface area contributed by atoms with Crippen LogP contribution >= 0.6 is 0 Å². The van der Waals surface area contributed by atoms with Crippen LogP contribution in [0.1, 0.15) is 28.5 Å².